The number of hydrogen-bond acceptors (Lipinski definition) is 6. The van der Waals surface area contributed by atoms with E-state index in [0.29, 0.717) is 18.9 Å². The van der Waals surface area contributed by atoms with E-state index in [2.05, 4.69) is 20.3 Å². The SMILES string of the molecule is Cn1cnc([C@@H]2CN(C(=O)C3CC3)C[C@H]2Nc2cncc(C#N)n2)c1. The van der Waals surface area contributed by atoms with E-state index in [-0.39, 0.29) is 29.5 Å². The van der Waals surface area contributed by atoms with E-state index in [1.165, 1.54) is 6.20 Å². The summed E-state index contributed by atoms with van der Waals surface area (Å²) in [6, 6.07) is 1.98. The largest absolute Gasteiger partial charge is 0.363 e. The van der Waals surface area contributed by atoms with Crippen molar-refractivity contribution in [1.82, 2.24) is 24.4 Å². The summed E-state index contributed by atoms with van der Waals surface area (Å²) >= 11 is 0. The average Bonchev–Trinajstić information content (AvgIpc) is 3.26. The molecule has 2 aliphatic rings. The Hall–Kier alpha value is -2.95. The maximum Gasteiger partial charge on any atom is 0.225 e. The van der Waals surface area contributed by atoms with Crippen LogP contribution in [0.25, 0.3) is 0 Å². The smallest absolute Gasteiger partial charge is 0.225 e. The minimum Gasteiger partial charge on any atom is -0.363 e. The van der Waals surface area contributed by atoms with Crippen LogP contribution in [-0.4, -0.2) is 49.5 Å². The van der Waals surface area contributed by atoms with Crippen molar-refractivity contribution in [3.63, 3.8) is 0 Å². The zero-order valence-corrected chi connectivity index (χ0v) is 14.0. The van der Waals surface area contributed by atoms with Crippen LogP contribution in [0.15, 0.2) is 24.9 Å². The first kappa shape index (κ1) is 15.6. The Bertz CT molecular complexity index is 836. The number of nitrogens with one attached hydrogen (secondary N) is 1. The molecule has 1 amide bonds. The lowest BCUT2D eigenvalue weighted by Gasteiger charge is -2.18. The van der Waals surface area contributed by atoms with Gasteiger partial charge in [-0.15, -0.1) is 0 Å². The molecular weight excluding hydrogens is 318 g/mol. The van der Waals surface area contributed by atoms with Gasteiger partial charge >= 0.3 is 0 Å². The van der Waals surface area contributed by atoms with Crippen LogP contribution >= 0.6 is 0 Å². The summed E-state index contributed by atoms with van der Waals surface area (Å²) in [6.07, 6.45) is 8.78. The number of imidazole rings is 1. The number of hydrogen-bond donors (Lipinski definition) is 1. The maximum atomic E-state index is 12.5. The number of anilines is 1. The molecule has 0 unspecified atom stereocenters. The number of rotatable bonds is 4. The van der Waals surface area contributed by atoms with Crippen LogP contribution in [0.3, 0.4) is 0 Å². The lowest BCUT2D eigenvalue weighted by atomic mass is 10.0. The molecule has 25 heavy (non-hydrogen) atoms. The lowest BCUT2D eigenvalue weighted by Crippen LogP contribution is -2.32. The van der Waals surface area contributed by atoms with Gasteiger partial charge in [0.2, 0.25) is 5.91 Å². The van der Waals surface area contributed by atoms with Crippen molar-refractivity contribution in [1.29, 1.82) is 5.26 Å². The van der Waals surface area contributed by atoms with Crippen molar-refractivity contribution in [3.05, 3.63) is 36.3 Å². The zero-order valence-electron chi connectivity index (χ0n) is 14.0. The van der Waals surface area contributed by atoms with Crippen LogP contribution in [0.2, 0.25) is 0 Å². The number of carbonyl (C=O) groups is 1. The fraction of sp³-hybridized carbons (Fsp3) is 0.471. The second-order valence-corrected chi connectivity index (χ2v) is 6.74. The Morgan fingerprint density at radius 1 is 1.36 bits per heavy atom. The summed E-state index contributed by atoms with van der Waals surface area (Å²) in [7, 11) is 1.93. The van der Waals surface area contributed by atoms with Gasteiger partial charge in [-0.05, 0) is 12.8 Å². The molecule has 2 fully saturated rings. The second kappa shape index (κ2) is 6.16. The minimum absolute atomic E-state index is 0.0131. The molecule has 0 radical (unpaired) electrons. The lowest BCUT2D eigenvalue weighted by molar-refractivity contribution is -0.131. The second-order valence-electron chi connectivity index (χ2n) is 6.74. The Morgan fingerprint density at radius 3 is 2.88 bits per heavy atom. The number of carbonyl (C=O) groups excluding carboxylic acids is 1. The molecule has 2 atom stereocenters. The van der Waals surface area contributed by atoms with Crippen LogP contribution in [0, 0.1) is 17.2 Å². The van der Waals surface area contributed by atoms with Crippen molar-refractivity contribution in [2.24, 2.45) is 13.0 Å². The molecule has 2 aromatic rings. The highest BCUT2D eigenvalue weighted by Gasteiger charge is 2.42. The highest BCUT2D eigenvalue weighted by atomic mass is 16.2. The molecule has 1 aliphatic heterocycles. The highest BCUT2D eigenvalue weighted by molar-refractivity contribution is 5.81. The predicted molar refractivity (Wildman–Crippen MR) is 89.4 cm³/mol. The molecule has 3 heterocycles. The normalized spacial score (nSPS) is 22.6. The average molecular weight is 337 g/mol. The molecule has 1 saturated heterocycles. The quantitative estimate of drug-likeness (QED) is 0.890. The third-order valence-electron chi connectivity index (χ3n) is 4.75. The first-order chi connectivity index (χ1) is 12.1. The Labute approximate surface area is 145 Å². The van der Waals surface area contributed by atoms with Gasteiger partial charge in [0.05, 0.1) is 30.5 Å². The summed E-state index contributed by atoms with van der Waals surface area (Å²) < 4.78 is 1.91. The fourth-order valence-corrected chi connectivity index (χ4v) is 3.32. The molecule has 4 rings (SSSR count). The topological polar surface area (TPSA) is 99.7 Å². The maximum absolute atomic E-state index is 12.5. The minimum atomic E-state index is -0.0131. The van der Waals surface area contributed by atoms with Gasteiger partial charge in [-0.3, -0.25) is 9.78 Å². The number of aryl methyl sites for hydroxylation is 1. The van der Waals surface area contributed by atoms with Gasteiger partial charge in [-0.1, -0.05) is 0 Å². The fourth-order valence-electron chi connectivity index (χ4n) is 3.32. The summed E-state index contributed by atoms with van der Waals surface area (Å²) in [5.41, 5.74) is 1.22. The van der Waals surface area contributed by atoms with Crippen molar-refractivity contribution < 1.29 is 4.79 Å². The number of amides is 1. The van der Waals surface area contributed by atoms with Gasteiger partial charge in [0.15, 0.2) is 5.69 Å². The molecule has 8 nitrogen and oxygen atoms in total. The van der Waals surface area contributed by atoms with Crippen molar-refractivity contribution in [2.75, 3.05) is 18.4 Å². The Morgan fingerprint density at radius 2 is 2.20 bits per heavy atom. The molecule has 2 aromatic heterocycles. The highest BCUT2D eigenvalue weighted by Crippen LogP contribution is 2.35. The number of nitrogens with zero attached hydrogens (tertiary/aromatic N) is 6. The van der Waals surface area contributed by atoms with E-state index in [1.54, 1.807) is 12.5 Å². The van der Waals surface area contributed by atoms with Crippen LogP contribution in [-0.2, 0) is 11.8 Å². The van der Waals surface area contributed by atoms with Gasteiger partial charge < -0.3 is 14.8 Å². The molecule has 1 N–H and O–H groups in total. The van der Waals surface area contributed by atoms with E-state index < -0.39 is 0 Å². The summed E-state index contributed by atoms with van der Waals surface area (Å²) in [5, 5.41) is 12.3. The molecule has 128 valence electrons. The first-order valence-corrected chi connectivity index (χ1v) is 8.39. The number of nitriles is 1. The van der Waals surface area contributed by atoms with E-state index in [0.717, 1.165) is 18.5 Å². The Kier molecular flexibility index (Phi) is 3.84. The van der Waals surface area contributed by atoms with Crippen molar-refractivity contribution in [3.8, 4) is 6.07 Å². The predicted octanol–water partition coefficient (Wildman–Crippen LogP) is 0.898. The van der Waals surface area contributed by atoms with Crippen molar-refractivity contribution >= 4 is 11.7 Å². The standard InChI is InChI=1S/C17H19N7O/c1-23-8-14(20-10-23)13-7-24(17(25)11-2-3-11)9-15(13)22-16-6-19-5-12(4-18)21-16/h5-6,8,10-11,13,15H,2-3,7,9H2,1H3,(H,21,22)/t13-,15+/m0/s1. The summed E-state index contributed by atoms with van der Waals surface area (Å²) in [5.74, 6) is 1.06. The third kappa shape index (κ3) is 3.18. The third-order valence-corrected chi connectivity index (χ3v) is 4.75. The van der Waals surface area contributed by atoms with Gasteiger partial charge in [-0.2, -0.15) is 5.26 Å². The van der Waals surface area contributed by atoms with E-state index in [4.69, 9.17) is 5.26 Å². The van der Waals surface area contributed by atoms with Crippen molar-refractivity contribution in [2.45, 2.75) is 24.8 Å². The van der Waals surface area contributed by atoms with Crippen LogP contribution in [0.5, 0.6) is 0 Å². The first-order valence-electron chi connectivity index (χ1n) is 8.39. The summed E-state index contributed by atoms with van der Waals surface area (Å²) in [6.45, 7) is 1.25. The van der Waals surface area contributed by atoms with Gasteiger partial charge in [0, 0.05) is 38.2 Å². The molecule has 0 spiro atoms. The number of likely N-dealkylation sites (tertiary alicyclic amines) is 1. The van der Waals surface area contributed by atoms with Gasteiger partial charge in [0.25, 0.3) is 0 Å². The molecular formula is C17H19N7O. The van der Waals surface area contributed by atoms with E-state index in [9.17, 15) is 4.79 Å². The molecule has 1 aliphatic carbocycles. The van der Waals surface area contributed by atoms with Gasteiger partial charge in [-0.25, -0.2) is 9.97 Å². The van der Waals surface area contributed by atoms with Crippen LogP contribution in [0.4, 0.5) is 5.82 Å². The monoisotopic (exact) mass is 337 g/mol. The van der Waals surface area contributed by atoms with Crippen LogP contribution < -0.4 is 5.32 Å². The van der Waals surface area contributed by atoms with Crippen LogP contribution in [0.1, 0.15) is 30.1 Å². The molecule has 1 saturated carbocycles. The molecule has 8 heteroatoms. The number of aromatic nitrogens is 4. The Balaban J connectivity index is 1.57. The molecule has 0 aromatic carbocycles. The van der Waals surface area contributed by atoms with E-state index in [1.807, 2.05) is 28.8 Å². The summed E-state index contributed by atoms with van der Waals surface area (Å²) in [4.78, 5) is 27.2. The van der Waals surface area contributed by atoms with E-state index >= 15 is 0 Å². The zero-order chi connectivity index (χ0) is 17.4. The van der Waals surface area contributed by atoms with Gasteiger partial charge in [0.1, 0.15) is 11.9 Å². The molecule has 0 bridgehead atoms.